The van der Waals surface area contributed by atoms with Crippen LogP contribution in [0.4, 0.5) is 0 Å². The molecule has 0 aromatic rings. The van der Waals surface area contributed by atoms with E-state index in [0.717, 1.165) is 12.8 Å². The third-order valence-corrected chi connectivity index (χ3v) is 3.32. The van der Waals surface area contributed by atoms with Crippen molar-refractivity contribution in [3.63, 3.8) is 0 Å². The third-order valence-electron chi connectivity index (χ3n) is 3.32. The lowest BCUT2D eigenvalue weighted by Gasteiger charge is -2.40. The van der Waals surface area contributed by atoms with Gasteiger partial charge < -0.3 is 10.2 Å². The van der Waals surface area contributed by atoms with Crippen LogP contribution >= 0.6 is 0 Å². The molecular formula is C10H12O4. The van der Waals surface area contributed by atoms with E-state index in [1.54, 1.807) is 0 Å². The van der Waals surface area contributed by atoms with Crippen molar-refractivity contribution < 1.29 is 19.8 Å². The maximum absolute atomic E-state index is 11.0. The average Bonchev–Trinajstić information content (AvgIpc) is 2.17. The van der Waals surface area contributed by atoms with E-state index in [4.69, 9.17) is 10.2 Å². The number of fused-ring (bicyclic) bond motifs is 2. The highest BCUT2D eigenvalue weighted by Crippen LogP contribution is 2.44. The molecule has 2 bridgehead atoms. The van der Waals surface area contributed by atoms with Crippen molar-refractivity contribution >= 4 is 11.9 Å². The summed E-state index contributed by atoms with van der Waals surface area (Å²) in [5, 5.41) is 18.0. The fourth-order valence-corrected chi connectivity index (χ4v) is 2.67. The first-order valence-electron chi connectivity index (χ1n) is 4.75. The molecule has 3 aliphatic carbocycles. The van der Waals surface area contributed by atoms with Gasteiger partial charge in [0.1, 0.15) is 0 Å². The summed E-state index contributed by atoms with van der Waals surface area (Å²) in [5.41, 5.74) is 0. The Bertz CT molecular complexity index is 277. The molecule has 1 saturated carbocycles. The van der Waals surface area contributed by atoms with Gasteiger partial charge in [-0.05, 0) is 24.7 Å². The molecule has 1 fully saturated rings. The second-order valence-corrected chi connectivity index (χ2v) is 4.02. The zero-order chi connectivity index (χ0) is 10.3. The maximum atomic E-state index is 11.0. The van der Waals surface area contributed by atoms with Gasteiger partial charge in [0.05, 0.1) is 11.8 Å². The SMILES string of the molecule is O=C(O)C1C(C(=O)O)[C@H]2C=C[C@@H]1CC2. The first-order chi connectivity index (χ1) is 6.61. The van der Waals surface area contributed by atoms with Gasteiger partial charge in [-0.3, -0.25) is 9.59 Å². The Morgan fingerprint density at radius 2 is 1.29 bits per heavy atom. The van der Waals surface area contributed by atoms with Crippen LogP contribution in [-0.2, 0) is 9.59 Å². The molecule has 3 rings (SSSR count). The zero-order valence-corrected chi connectivity index (χ0v) is 7.59. The summed E-state index contributed by atoms with van der Waals surface area (Å²) in [5.74, 6) is -3.57. The summed E-state index contributed by atoms with van der Waals surface area (Å²) in [6, 6.07) is 0. The van der Waals surface area contributed by atoms with E-state index >= 15 is 0 Å². The molecule has 0 aromatic heterocycles. The van der Waals surface area contributed by atoms with Gasteiger partial charge in [0, 0.05) is 0 Å². The quantitative estimate of drug-likeness (QED) is 0.646. The summed E-state index contributed by atoms with van der Waals surface area (Å²) < 4.78 is 0. The highest BCUT2D eigenvalue weighted by atomic mass is 16.4. The van der Waals surface area contributed by atoms with E-state index in [1.807, 2.05) is 12.2 Å². The van der Waals surface area contributed by atoms with Crippen LogP contribution in [-0.4, -0.2) is 22.2 Å². The van der Waals surface area contributed by atoms with Crippen molar-refractivity contribution in [3.05, 3.63) is 12.2 Å². The van der Waals surface area contributed by atoms with E-state index in [0.29, 0.717) is 0 Å². The Morgan fingerprint density at radius 3 is 1.50 bits per heavy atom. The van der Waals surface area contributed by atoms with Gasteiger partial charge in [0.15, 0.2) is 0 Å². The minimum absolute atomic E-state index is 0.0846. The van der Waals surface area contributed by atoms with Crippen molar-refractivity contribution in [3.8, 4) is 0 Å². The van der Waals surface area contributed by atoms with Gasteiger partial charge in [-0.2, -0.15) is 0 Å². The Hall–Kier alpha value is -1.32. The molecule has 3 aliphatic rings. The monoisotopic (exact) mass is 196 g/mol. The lowest BCUT2D eigenvalue weighted by atomic mass is 9.62. The molecule has 4 atom stereocenters. The zero-order valence-electron chi connectivity index (χ0n) is 7.59. The van der Waals surface area contributed by atoms with Crippen molar-refractivity contribution in [2.24, 2.45) is 23.7 Å². The molecule has 76 valence electrons. The smallest absolute Gasteiger partial charge is 0.307 e. The number of rotatable bonds is 2. The number of aliphatic carboxylic acids is 2. The van der Waals surface area contributed by atoms with E-state index in [-0.39, 0.29) is 11.8 Å². The van der Waals surface area contributed by atoms with Gasteiger partial charge >= 0.3 is 11.9 Å². The molecule has 4 heteroatoms. The van der Waals surface area contributed by atoms with E-state index in [9.17, 15) is 9.59 Å². The van der Waals surface area contributed by atoms with Crippen LogP contribution in [0.25, 0.3) is 0 Å². The van der Waals surface area contributed by atoms with E-state index in [1.165, 1.54) is 0 Å². The molecule has 0 aromatic carbocycles. The highest BCUT2D eigenvalue weighted by Gasteiger charge is 2.48. The molecule has 0 saturated heterocycles. The van der Waals surface area contributed by atoms with Gasteiger partial charge in [0.25, 0.3) is 0 Å². The fraction of sp³-hybridized carbons (Fsp3) is 0.600. The van der Waals surface area contributed by atoms with Gasteiger partial charge in [-0.15, -0.1) is 0 Å². The van der Waals surface area contributed by atoms with Crippen LogP contribution in [0.3, 0.4) is 0 Å². The molecule has 0 radical (unpaired) electrons. The normalized spacial score (nSPS) is 39.7. The number of carboxylic acids is 2. The molecular weight excluding hydrogens is 184 g/mol. The van der Waals surface area contributed by atoms with Crippen molar-refractivity contribution in [2.75, 3.05) is 0 Å². The maximum Gasteiger partial charge on any atom is 0.307 e. The summed E-state index contributed by atoms with van der Waals surface area (Å²) in [6.45, 7) is 0. The summed E-state index contributed by atoms with van der Waals surface area (Å²) >= 11 is 0. The standard InChI is InChI=1S/C10H12O4/c11-9(12)7-5-1-2-6(4-3-5)8(7)10(13)14/h1-2,5-8H,3-4H2,(H,11,12)(H,13,14)/t5-,6+,7?,8?. The predicted molar refractivity (Wildman–Crippen MR) is 47.6 cm³/mol. The van der Waals surface area contributed by atoms with Crippen LogP contribution in [0, 0.1) is 23.7 Å². The van der Waals surface area contributed by atoms with Crippen LogP contribution < -0.4 is 0 Å². The minimum Gasteiger partial charge on any atom is -0.481 e. The first-order valence-corrected chi connectivity index (χ1v) is 4.75. The summed E-state index contributed by atoms with van der Waals surface area (Å²) in [6.07, 6.45) is 5.35. The van der Waals surface area contributed by atoms with Crippen LogP contribution in [0.15, 0.2) is 12.2 Å². The Kier molecular flexibility index (Phi) is 2.06. The largest absolute Gasteiger partial charge is 0.481 e. The average molecular weight is 196 g/mol. The lowest BCUT2D eigenvalue weighted by molar-refractivity contribution is -0.160. The molecule has 0 amide bonds. The predicted octanol–water partition coefficient (Wildman–Crippen LogP) is 0.984. The summed E-state index contributed by atoms with van der Waals surface area (Å²) in [4.78, 5) is 21.9. The molecule has 14 heavy (non-hydrogen) atoms. The Balaban J connectivity index is 2.33. The fourth-order valence-electron chi connectivity index (χ4n) is 2.67. The number of allylic oxidation sites excluding steroid dienone is 2. The third kappa shape index (κ3) is 1.22. The molecule has 0 spiro atoms. The number of carbonyl (C=O) groups is 2. The molecule has 0 heterocycles. The number of hydrogen-bond donors (Lipinski definition) is 2. The second-order valence-electron chi connectivity index (χ2n) is 4.02. The first kappa shape index (κ1) is 9.24. The lowest BCUT2D eigenvalue weighted by Crippen LogP contribution is -2.45. The van der Waals surface area contributed by atoms with Crippen LogP contribution in [0.5, 0.6) is 0 Å². The van der Waals surface area contributed by atoms with Crippen LogP contribution in [0.2, 0.25) is 0 Å². The van der Waals surface area contributed by atoms with Crippen molar-refractivity contribution in [2.45, 2.75) is 12.8 Å². The molecule has 0 aliphatic heterocycles. The number of hydrogen-bond acceptors (Lipinski definition) is 2. The second kappa shape index (κ2) is 3.12. The highest BCUT2D eigenvalue weighted by molar-refractivity contribution is 5.81. The molecule has 2 N–H and O–H groups in total. The van der Waals surface area contributed by atoms with E-state index < -0.39 is 23.8 Å². The molecule has 4 nitrogen and oxygen atoms in total. The minimum atomic E-state index is -0.976. The topological polar surface area (TPSA) is 74.6 Å². The van der Waals surface area contributed by atoms with Crippen molar-refractivity contribution in [1.29, 1.82) is 0 Å². The number of carboxylic acid groups (broad SMARTS) is 2. The van der Waals surface area contributed by atoms with E-state index in [2.05, 4.69) is 0 Å². The van der Waals surface area contributed by atoms with Gasteiger partial charge in [0.2, 0.25) is 0 Å². The van der Waals surface area contributed by atoms with Crippen molar-refractivity contribution in [1.82, 2.24) is 0 Å². The van der Waals surface area contributed by atoms with Gasteiger partial charge in [-0.1, -0.05) is 12.2 Å². The summed E-state index contributed by atoms with van der Waals surface area (Å²) in [7, 11) is 0. The van der Waals surface area contributed by atoms with Crippen LogP contribution in [0.1, 0.15) is 12.8 Å². The van der Waals surface area contributed by atoms with Gasteiger partial charge in [-0.25, -0.2) is 0 Å². The molecule has 2 unspecified atom stereocenters. The Morgan fingerprint density at radius 1 is 0.929 bits per heavy atom. The Labute approximate surface area is 81.2 Å².